The first-order chi connectivity index (χ1) is 14.1. The zero-order valence-corrected chi connectivity index (χ0v) is 15.7. The lowest BCUT2D eigenvalue weighted by atomic mass is 9.82. The summed E-state index contributed by atoms with van der Waals surface area (Å²) in [6.45, 7) is 1.69. The number of pyridine rings is 1. The number of piperidine rings is 1. The van der Waals surface area contributed by atoms with E-state index in [4.69, 9.17) is 0 Å². The first-order valence-corrected chi connectivity index (χ1v) is 9.72. The van der Waals surface area contributed by atoms with Crippen molar-refractivity contribution in [1.29, 1.82) is 0 Å². The molecule has 0 aliphatic carbocycles. The Morgan fingerprint density at radius 1 is 1.00 bits per heavy atom. The number of likely N-dealkylation sites (tertiary alicyclic amines) is 1. The van der Waals surface area contributed by atoms with Crippen molar-refractivity contribution in [2.75, 3.05) is 13.1 Å². The Balaban J connectivity index is 1.49. The average Bonchev–Trinajstić information content (AvgIpc) is 2.74. The first kappa shape index (κ1) is 17.6. The van der Waals surface area contributed by atoms with Crippen LogP contribution in [0.3, 0.4) is 0 Å². The monoisotopic (exact) mass is 388 g/mol. The second kappa shape index (κ2) is 6.84. The van der Waals surface area contributed by atoms with E-state index in [0.717, 1.165) is 29.4 Å². The van der Waals surface area contributed by atoms with Gasteiger partial charge in [0.2, 0.25) is 0 Å². The minimum absolute atomic E-state index is 0.00687. The maximum atomic E-state index is 12.9. The van der Waals surface area contributed by atoms with E-state index in [1.165, 1.54) is 6.20 Å². The summed E-state index contributed by atoms with van der Waals surface area (Å²) in [4.78, 5) is 45.4. The number of nitrogens with zero attached hydrogens (tertiary/aromatic N) is 3. The van der Waals surface area contributed by atoms with Gasteiger partial charge in [0.15, 0.2) is 0 Å². The van der Waals surface area contributed by atoms with Gasteiger partial charge in [-0.1, -0.05) is 30.3 Å². The maximum Gasteiger partial charge on any atom is 0.272 e. The number of carbonyl (C=O) groups is 1. The van der Waals surface area contributed by atoms with Crippen LogP contribution in [0.4, 0.5) is 0 Å². The molecule has 2 aromatic heterocycles. The molecule has 3 aromatic rings. The molecule has 29 heavy (non-hydrogen) atoms. The zero-order valence-electron chi connectivity index (χ0n) is 15.7. The van der Waals surface area contributed by atoms with Crippen LogP contribution < -0.4 is 11.1 Å². The molecule has 2 atom stereocenters. The van der Waals surface area contributed by atoms with E-state index >= 15 is 0 Å². The molecule has 0 saturated carbocycles. The van der Waals surface area contributed by atoms with Crippen molar-refractivity contribution in [1.82, 2.24) is 19.4 Å². The highest BCUT2D eigenvalue weighted by Crippen LogP contribution is 2.36. The van der Waals surface area contributed by atoms with Crippen molar-refractivity contribution in [2.24, 2.45) is 5.92 Å². The predicted molar refractivity (Wildman–Crippen MR) is 108 cm³/mol. The Morgan fingerprint density at radius 3 is 2.62 bits per heavy atom. The van der Waals surface area contributed by atoms with Gasteiger partial charge in [0, 0.05) is 37.3 Å². The number of benzene rings is 1. The molecule has 7 nitrogen and oxygen atoms in total. The molecule has 5 rings (SSSR count). The SMILES string of the molecule is O=C(c1cncc(=O)[nH]1)N1C[C@@H]2C[C@H](C1)c1cc(-c3ccccc3)cc(=O)n1C2. The summed E-state index contributed by atoms with van der Waals surface area (Å²) in [5.74, 6) is 0.0833. The molecule has 2 aliphatic heterocycles. The van der Waals surface area contributed by atoms with Gasteiger partial charge in [-0.2, -0.15) is 0 Å². The van der Waals surface area contributed by atoms with Gasteiger partial charge in [-0.05, 0) is 29.5 Å². The molecule has 0 unspecified atom stereocenters. The summed E-state index contributed by atoms with van der Waals surface area (Å²) >= 11 is 0. The van der Waals surface area contributed by atoms with Gasteiger partial charge in [-0.3, -0.25) is 19.4 Å². The van der Waals surface area contributed by atoms with Gasteiger partial charge in [-0.25, -0.2) is 0 Å². The number of fused-ring (bicyclic) bond motifs is 4. The molecule has 2 bridgehead atoms. The van der Waals surface area contributed by atoms with Crippen LogP contribution in [0.5, 0.6) is 0 Å². The summed E-state index contributed by atoms with van der Waals surface area (Å²) in [6, 6.07) is 13.6. The van der Waals surface area contributed by atoms with Crippen molar-refractivity contribution in [3.05, 3.63) is 87.0 Å². The van der Waals surface area contributed by atoms with Crippen molar-refractivity contribution in [3.63, 3.8) is 0 Å². The normalized spacial score (nSPS) is 20.2. The molecule has 4 heterocycles. The molecule has 1 aromatic carbocycles. The van der Waals surface area contributed by atoms with Gasteiger partial charge < -0.3 is 14.5 Å². The summed E-state index contributed by atoms with van der Waals surface area (Å²) in [5.41, 5.74) is 2.70. The zero-order chi connectivity index (χ0) is 20.0. The number of carbonyl (C=O) groups excluding carboxylic acids is 1. The third-order valence-corrected chi connectivity index (χ3v) is 5.83. The van der Waals surface area contributed by atoms with Gasteiger partial charge in [-0.15, -0.1) is 0 Å². The summed E-state index contributed by atoms with van der Waals surface area (Å²) in [7, 11) is 0. The molecule has 1 saturated heterocycles. The molecule has 7 heteroatoms. The van der Waals surface area contributed by atoms with Crippen LogP contribution in [0.2, 0.25) is 0 Å². The highest BCUT2D eigenvalue weighted by atomic mass is 16.2. The second-order valence-corrected chi connectivity index (χ2v) is 7.80. The van der Waals surface area contributed by atoms with E-state index < -0.39 is 5.56 Å². The number of aromatic amines is 1. The molecule has 2 aliphatic rings. The molecule has 0 spiro atoms. The van der Waals surface area contributed by atoms with E-state index in [9.17, 15) is 14.4 Å². The Hall–Kier alpha value is -3.48. The highest BCUT2D eigenvalue weighted by molar-refractivity contribution is 5.92. The molecule has 1 fully saturated rings. The van der Waals surface area contributed by atoms with Crippen molar-refractivity contribution < 1.29 is 4.79 Å². The van der Waals surface area contributed by atoms with E-state index in [-0.39, 0.29) is 29.0 Å². The molecule has 1 amide bonds. The number of rotatable bonds is 2. The lowest BCUT2D eigenvalue weighted by molar-refractivity contribution is 0.0588. The second-order valence-electron chi connectivity index (χ2n) is 7.80. The number of hydrogen-bond donors (Lipinski definition) is 1. The lowest BCUT2D eigenvalue weighted by Gasteiger charge is -2.42. The van der Waals surface area contributed by atoms with Crippen molar-refractivity contribution in [3.8, 4) is 11.1 Å². The van der Waals surface area contributed by atoms with Gasteiger partial charge in [0.05, 0.1) is 12.4 Å². The minimum Gasteiger partial charge on any atom is -0.336 e. The fourth-order valence-corrected chi connectivity index (χ4v) is 4.58. The van der Waals surface area contributed by atoms with Crippen LogP contribution >= 0.6 is 0 Å². The topological polar surface area (TPSA) is 88.1 Å². The Morgan fingerprint density at radius 2 is 1.83 bits per heavy atom. The van der Waals surface area contributed by atoms with Crippen LogP contribution in [-0.2, 0) is 6.54 Å². The van der Waals surface area contributed by atoms with E-state index in [0.29, 0.717) is 19.6 Å². The molecule has 0 radical (unpaired) electrons. The van der Waals surface area contributed by atoms with Crippen LogP contribution in [-0.4, -0.2) is 38.4 Å². The van der Waals surface area contributed by atoms with Crippen LogP contribution in [0.1, 0.15) is 28.5 Å². The van der Waals surface area contributed by atoms with Crippen LogP contribution in [0.15, 0.2) is 64.4 Å². The highest BCUT2D eigenvalue weighted by Gasteiger charge is 2.37. The average molecular weight is 388 g/mol. The number of H-pyrrole nitrogens is 1. The summed E-state index contributed by atoms with van der Waals surface area (Å²) in [6.07, 6.45) is 3.49. The maximum absolute atomic E-state index is 12.9. The lowest BCUT2D eigenvalue weighted by Crippen LogP contribution is -2.49. The van der Waals surface area contributed by atoms with E-state index in [1.807, 2.05) is 34.9 Å². The summed E-state index contributed by atoms with van der Waals surface area (Å²) < 4.78 is 1.86. The van der Waals surface area contributed by atoms with Gasteiger partial charge >= 0.3 is 0 Å². The fourth-order valence-electron chi connectivity index (χ4n) is 4.58. The standard InChI is InChI=1S/C22H20N4O3/c27-20-10-23-9-18(24-20)22(29)25-11-14-6-17(13-25)19-7-16(8-21(28)26(19)12-14)15-4-2-1-3-5-15/h1-5,7-10,14,17H,6,11-13H2,(H,24,27)/t14-,17+/m0/s1. The Labute approximate surface area is 166 Å². The Kier molecular flexibility index (Phi) is 4.16. The first-order valence-electron chi connectivity index (χ1n) is 9.72. The third kappa shape index (κ3) is 3.18. The van der Waals surface area contributed by atoms with Crippen molar-refractivity contribution >= 4 is 5.91 Å². The van der Waals surface area contributed by atoms with Gasteiger partial charge in [0.1, 0.15) is 5.69 Å². The Bertz CT molecular complexity index is 1200. The molecule has 1 N–H and O–H groups in total. The van der Waals surface area contributed by atoms with Crippen LogP contribution in [0, 0.1) is 5.92 Å². The number of nitrogens with one attached hydrogen (secondary N) is 1. The van der Waals surface area contributed by atoms with E-state index in [1.54, 1.807) is 11.0 Å². The molecular weight excluding hydrogens is 368 g/mol. The molecular formula is C22H20N4O3. The van der Waals surface area contributed by atoms with Crippen LogP contribution in [0.25, 0.3) is 11.1 Å². The van der Waals surface area contributed by atoms with Crippen molar-refractivity contribution in [2.45, 2.75) is 18.9 Å². The van der Waals surface area contributed by atoms with Gasteiger partial charge in [0.25, 0.3) is 17.0 Å². The smallest absolute Gasteiger partial charge is 0.272 e. The quantitative estimate of drug-likeness (QED) is 0.726. The largest absolute Gasteiger partial charge is 0.336 e. The fraction of sp³-hybridized carbons (Fsp3) is 0.273. The summed E-state index contributed by atoms with van der Waals surface area (Å²) in [5, 5.41) is 0. The van der Waals surface area contributed by atoms with E-state index in [2.05, 4.69) is 16.0 Å². The minimum atomic E-state index is -0.391. The predicted octanol–water partition coefficient (Wildman–Crippen LogP) is 1.86. The number of hydrogen-bond acceptors (Lipinski definition) is 4. The number of aromatic nitrogens is 3. The molecule has 146 valence electrons. The third-order valence-electron chi connectivity index (χ3n) is 5.83. The number of amides is 1.